The lowest BCUT2D eigenvalue weighted by atomic mass is 9.92. The Morgan fingerprint density at radius 3 is 2.69 bits per heavy atom. The minimum atomic E-state index is -1.40. The number of rotatable bonds is 5. The van der Waals surface area contributed by atoms with E-state index in [1.54, 1.807) is 13.2 Å². The van der Waals surface area contributed by atoms with Gasteiger partial charge in [0.1, 0.15) is 35.9 Å². The zero-order valence-electron chi connectivity index (χ0n) is 16.6. The zero-order valence-corrected chi connectivity index (χ0v) is 18.2. The number of nitrogens with two attached hydrogens (primary N) is 1. The number of aliphatic hydroxyl groups is 3. The standard InChI is InChI=1S/C18H32ClN3O6S/c1-7(19)10(16-13(24)12(23)14(25)18(28-16)29-2)22-17(26)11-15-8(6-21-11)5-9(20)3-4-27-15/h7-16,18,21,23-25H,3-6,20H2,1-2H3,(H,22,26). The molecule has 3 aliphatic heterocycles. The van der Waals surface area contributed by atoms with E-state index in [9.17, 15) is 20.1 Å². The summed E-state index contributed by atoms with van der Waals surface area (Å²) in [5.41, 5.74) is 5.34. The van der Waals surface area contributed by atoms with E-state index in [-0.39, 0.29) is 24.0 Å². The minimum Gasteiger partial charge on any atom is -0.388 e. The predicted molar refractivity (Wildman–Crippen MR) is 110 cm³/mol. The molecule has 3 fully saturated rings. The van der Waals surface area contributed by atoms with Crippen molar-refractivity contribution in [1.29, 1.82) is 0 Å². The van der Waals surface area contributed by atoms with Gasteiger partial charge in [-0.2, -0.15) is 0 Å². The number of hydrogen-bond donors (Lipinski definition) is 6. The second-order valence-electron chi connectivity index (χ2n) is 8.15. The van der Waals surface area contributed by atoms with Crippen LogP contribution in [0.3, 0.4) is 0 Å². The van der Waals surface area contributed by atoms with Gasteiger partial charge in [0.25, 0.3) is 0 Å². The van der Waals surface area contributed by atoms with Gasteiger partial charge in [-0.3, -0.25) is 4.79 Å². The number of halogens is 1. The number of thioether (sulfide) groups is 1. The number of ether oxygens (including phenoxy) is 2. The molecular weight excluding hydrogens is 422 g/mol. The molecule has 11 heteroatoms. The van der Waals surface area contributed by atoms with E-state index in [1.165, 1.54) is 11.8 Å². The molecule has 168 valence electrons. The molecule has 1 amide bonds. The summed E-state index contributed by atoms with van der Waals surface area (Å²) in [6, 6.07) is -1.27. The fourth-order valence-electron chi connectivity index (χ4n) is 4.41. The van der Waals surface area contributed by atoms with Gasteiger partial charge in [0.15, 0.2) is 0 Å². The molecule has 0 aliphatic carbocycles. The molecule has 0 bridgehead atoms. The Bertz CT molecular complexity index is 574. The van der Waals surface area contributed by atoms with Crippen LogP contribution >= 0.6 is 23.4 Å². The summed E-state index contributed by atoms with van der Waals surface area (Å²) in [5, 5.41) is 36.2. The van der Waals surface area contributed by atoms with Crippen molar-refractivity contribution in [2.75, 3.05) is 19.4 Å². The smallest absolute Gasteiger partial charge is 0.240 e. The van der Waals surface area contributed by atoms with Crippen LogP contribution in [0.1, 0.15) is 19.8 Å². The molecule has 29 heavy (non-hydrogen) atoms. The Hall–Kier alpha value is -0.170. The van der Waals surface area contributed by atoms with Crippen molar-refractivity contribution in [3.63, 3.8) is 0 Å². The van der Waals surface area contributed by atoms with Crippen LogP contribution in [0.4, 0.5) is 0 Å². The van der Waals surface area contributed by atoms with Crippen LogP contribution in [0.2, 0.25) is 0 Å². The highest BCUT2D eigenvalue weighted by Gasteiger charge is 2.49. The maximum absolute atomic E-state index is 13.1. The fraction of sp³-hybridized carbons (Fsp3) is 0.944. The Morgan fingerprint density at radius 1 is 1.31 bits per heavy atom. The first-order valence-corrected chi connectivity index (χ1v) is 11.7. The third-order valence-corrected chi connectivity index (χ3v) is 7.20. The van der Waals surface area contributed by atoms with Gasteiger partial charge in [-0.1, -0.05) is 0 Å². The molecule has 3 rings (SSSR count). The van der Waals surface area contributed by atoms with E-state index in [2.05, 4.69) is 10.6 Å². The maximum Gasteiger partial charge on any atom is 0.240 e. The van der Waals surface area contributed by atoms with Gasteiger partial charge in [0, 0.05) is 25.1 Å². The van der Waals surface area contributed by atoms with Crippen molar-refractivity contribution >= 4 is 29.3 Å². The normalized spacial score (nSPS) is 45.1. The van der Waals surface area contributed by atoms with Crippen molar-refractivity contribution in [3.05, 3.63) is 0 Å². The summed E-state index contributed by atoms with van der Waals surface area (Å²) in [6.07, 6.45) is -2.00. The Kier molecular flexibility index (Phi) is 8.08. The number of carbonyl (C=O) groups is 1. The van der Waals surface area contributed by atoms with Gasteiger partial charge in [-0.05, 0) is 26.0 Å². The second-order valence-corrected chi connectivity index (χ2v) is 9.78. The van der Waals surface area contributed by atoms with Crippen LogP contribution in [-0.2, 0) is 14.3 Å². The first-order chi connectivity index (χ1) is 13.7. The quantitative estimate of drug-likeness (QED) is 0.270. The average molecular weight is 454 g/mol. The summed E-state index contributed by atoms with van der Waals surface area (Å²) in [4.78, 5) is 13.1. The number of alkyl halides is 1. The lowest BCUT2D eigenvalue weighted by molar-refractivity contribution is -0.205. The molecule has 11 atom stereocenters. The number of fused-ring (bicyclic) bond motifs is 1. The van der Waals surface area contributed by atoms with Gasteiger partial charge in [-0.15, -0.1) is 23.4 Å². The SMILES string of the molecule is CSC1OC(C(NC(=O)C2NCC3CC(N)CCOC32)C(C)Cl)C(O)C(O)C1O. The molecule has 3 heterocycles. The highest BCUT2D eigenvalue weighted by molar-refractivity contribution is 7.99. The Balaban J connectivity index is 1.71. The molecule has 0 aromatic heterocycles. The average Bonchev–Trinajstić information content (AvgIpc) is 2.97. The van der Waals surface area contributed by atoms with Crippen molar-refractivity contribution in [1.82, 2.24) is 10.6 Å². The van der Waals surface area contributed by atoms with Gasteiger partial charge in [0.05, 0.1) is 17.5 Å². The Morgan fingerprint density at radius 2 is 2.03 bits per heavy atom. The molecular formula is C18H32ClN3O6S. The first kappa shape index (κ1) is 23.5. The number of amides is 1. The minimum absolute atomic E-state index is 0.0615. The van der Waals surface area contributed by atoms with Crippen LogP contribution in [0, 0.1) is 5.92 Å². The second kappa shape index (κ2) is 9.97. The van der Waals surface area contributed by atoms with Crippen molar-refractivity contribution in [2.24, 2.45) is 11.7 Å². The number of hydrogen-bond acceptors (Lipinski definition) is 9. The highest BCUT2D eigenvalue weighted by Crippen LogP contribution is 2.31. The summed E-state index contributed by atoms with van der Waals surface area (Å²) >= 11 is 7.54. The molecule has 0 aromatic carbocycles. The molecule has 3 saturated heterocycles. The van der Waals surface area contributed by atoms with E-state index >= 15 is 0 Å². The summed E-state index contributed by atoms with van der Waals surface area (Å²) in [5.74, 6) is -0.146. The topological polar surface area (TPSA) is 146 Å². The molecule has 3 aliphatic rings. The lowest BCUT2D eigenvalue weighted by Crippen LogP contribution is -2.65. The van der Waals surface area contributed by atoms with Gasteiger partial charge < -0.3 is 41.2 Å². The van der Waals surface area contributed by atoms with Crippen LogP contribution in [0.5, 0.6) is 0 Å². The van der Waals surface area contributed by atoms with Crippen molar-refractivity contribution in [3.8, 4) is 0 Å². The third kappa shape index (κ3) is 5.02. The van der Waals surface area contributed by atoms with Gasteiger partial charge >= 0.3 is 0 Å². The molecule has 0 radical (unpaired) electrons. The van der Waals surface area contributed by atoms with Crippen LogP contribution in [0.15, 0.2) is 0 Å². The summed E-state index contributed by atoms with van der Waals surface area (Å²) in [7, 11) is 0. The fourth-order valence-corrected chi connectivity index (χ4v) is 5.30. The van der Waals surface area contributed by atoms with Crippen LogP contribution < -0.4 is 16.4 Å². The molecule has 0 aromatic rings. The zero-order chi connectivity index (χ0) is 21.3. The molecule has 0 saturated carbocycles. The monoisotopic (exact) mass is 453 g/mol. The number of carbonyl (C=O) groups excluding carboxylic acids is 1. The van der Waals surface area contributed by atoms with E-state index in [0.717, 1.165) is 12.8 Å². The Labute approximate surface area is 180 Å². The summed E-state index contributed by atoms with van der Waals surface area (Å²) in [6.45, 7) is 2.83. The molecule has 7 N–H and O–H groups in total. The van der Waals surface area contributed by atoms with Crippen molar-refractivity contribution < 1.29 is 29.6 Å². The number of nitrogens with one attached hydrogen (secondary N) is 2. The van der Waals surface area contributed by atoms with Gasteiger partial charge in [0.2, 0.25) is 5.91 Å². The predicted octanol–water partition coefficient (Wildman–Crippen LogP) is -1.64. The van der Waals surface area contributed by atoms with Crippen LogP contribution in [-0.4, -0.2) is 100 Å². The molecule has 11 unspecified atom stereocenters. The first-order valence-electron chi connectivity index (χ1n) is 10.0. The number of aliphatic hydroxyl groups excluding tert-OH is 3. The van der Waals surface area contributed by atoms with E-state index in [0.29, 0.717) is 13.2 Å². The molecule has 0 spiro atoms. The summed E-state index contributed by atoms with van der Waals surface area (Å²) < 4.78 is 11.7. The van der Waals surface area contributed by atoms with E-state index < -0.39 is 47.3 Å². The largest absolute Gasteiger partial charge is 0.388 e. The van der Waals surface area contributed by atoms with Crippen LogP contribution in [0.25, 0.3) is 0 Å². The third-order valence-electron chi connectivity index (χ3n) is 6.08. The van der Waals surface area contributed by atoms with Crippen molar-refractivity contribution in [2.45, 2.75) is 79.2 Å². The van der Waals surface area contributed by atoms with Gasteiger partial charge in [-0.25, -0.2) is 0 Å². The van der Waals surface area contributed by atoms with E-state index in [4.69, 9.17) is 26.8 Å². The molecule has 9 nitrogen and oxygen atoms in total. The lowest BCUT2D eigenvalue weighted by Gasteiger charge is -2.44. The van der Waals surface area contributed by atoms with E-state index in [1.807, 2.05) is 0 Å². The highest BCUT2D eigenvalue weighted by atomic mass is 35.5. The maximum atomic E-state index is 13.1.